The van der Waals surface area contributed by atoms with E-state index in [1.165, 1.54) is 0 Å². The van der Waals surface area contributed by atoms with E-state index >= 15 is 0 Å². The van der Waals surface area contributed by atoms with E-state index in [0.717, 1.165) is 19.3 Å². The van der Waals surface area contributed by atoms with Gasteiger partial charge in [-0.25, -0.2) is 4.39 Å². The Hall–Kier alpha value is -0.620. The molecule has 1 unspecified atom stereocenters. The zero-order valence-electron chi connectivity index (χ0n) is 6.39. The second kappa shape index (κ2) is 3.19. The second-order valence-electron chi connectivity index (χ2n) is 3.26. The Morgan fingerprint density at radius 1 is 1.64 bits per heavy atom. The molecular weight excluding hydrogens is 145 g/mol. The zero-order chi connectivity index (χ0) is 8.32. The van der Waals surface area contributed by atoms with Crippen LogP contribution in [0.15, 0.2) is 0 Å². The molecule has 2 nitrogen and oxygen atoms in total. The quantitative estimate of drug-likeness (QED) is 0.673. The SMILES string of the molecule is N#CC1(CC(O)CF)CCC1. The van der Waals surface area contributed by atoms with Crippen molar-refractivity contribution in [1.82, 2.24) is 0 Å². The summed E-state index contributed by atoms with van der Waals surface area (Å²) in [6, 6.07) is 2.15. The van der Waals surface area contributed by atoms with Crippen molar-refractivity contribution in [2.24, 2.45) is 5.41 Å². The van der Waals surface area contributed by atoms with E-state index in [1.807, 2.05) is 0 Å². The van der Waals surface area contributed by atoms with Crippen LogP contribution in [-0.4, -0.2) is 17.9 Å². The molecule has 0 heterocycles. The fraction of sp³-hybridized carbons (Fsp3) is 0.875. The number of hydrogen-bond acceptors (Lipinski definition) is 2. The Kier molecular flexibility index (Phi) is 2.45. The third kappa shape index (κ3) is 1.69. The first kappa shape index (κ1) is 8.48. The average Bonchev–Trinajstić information content (AvgIpc) is 1.96. The maximum absolute atomic E-state index is 11.9. The number of aliphatic hydroxyl groups excluding tert-OH is 1. The Balaban J connectivity index is 2.40. The van der Waals surface area contributed by atoms with Crippen LogP contribution in [0.5, 0.6) is 0 Å². The first-order chi connectivity index (χ1) is 5.22. The normalized spacial score (nSPS) is 23.4. The molecule has 1 fully saturated rings. The van der Waals surface area contributed by atoms with Gasteiger partial charge < -0.3 is 5.11 Å². The standard InChI is InChI=1S/C8H12FNO/c9-5-7(11)4-8(6-10)2-1-3-8/h7,11H,1-5H2. The Morgan fingerprint density at radius 2 is 2.27 bits per heavy atom. The number of rotatable bonds is 3. The minimum Gasteiger partial charge on any atom is -0.390 e. The summed E-state index contributed by atoms with van der Waals surface area (Å²) in [5.41, 5.74) is -0.397. The highest BCUT2D eigenvalue weighted by Gasteiger charge is 2.38. The molecule has 0 amide bonds. The monoisotopic (exact) mass is 157 g/mol. The van der Waals surface area contributed by atoms with Crippen molar-refractivity contribution < 1.29 is 9.50 Å². The van der Waals surface area contributed by atoms with E-state index in [2.05, 4.69) is 6.07 Å². The van der Waals surface area contributed by atoms with E-state index in [-0.39, 0.29) is 0 Å². The van der Waals surface area contributed by atoms with Crippen LogP contribution in [0, 0.1) is 16.7 Å². The van der Waals surface area contributed by atoms with Gasteiger partial charge in [-0.05, 0) is 19.3 Å². The highest BCUT2D eigenvalue weighted by atomic mass is 19.1. The molecule has 1 N–H and O–H groups in total. The first-order valence-corrected chi connectivity index (χ1v) is 3.88. The van der Waals surface area contributed by atoms with Crippen LogP contribution < -0.4 is 0 Å². The van der Waals surface area contributed by atoms with Gasteiger partial charge in [-0.3, -0.25) is 0 Å². The smallest absolute Gasteiger partial charge is 0.115 e. The summed E-state index contributed by atoms with van der Waals surface area (Å²) < 4.78 is 11.9. The molecule has 0 radical (unpaired) electrons. The van der Waals surface area contributed by atoms with Gasteiger partial charge in [0.1, 0.15) is 6.67 Å². The molecular formula is C8H12FNO. The lowest BCUT2D eigenvalue weighted by Crippen LogP contribution is -2.32. The predicted octanol–water partition coefficient (Wildman–Crippen LogP) is 1.40. The van der Waals surface area contributed by atoms with Crippen molar-refractivity contribution in [3.05, 3.63) is 0 Å². The zero-order valence-corrected chi connectivity index (χ0v) is 6.39. The molecule has 0 aromatic heterocycles. The fourth-order valence-electron chi connectivity index (χ4n) is 1.47. The lowest BCUT2D eigenvalue weighted by molar-refractivity contribution is 0.0630. The highest BCUT2D eigenvalue weighted by Crippen LogP contribution is 2.43. The lowest BCUT2D eigenvalue weighted by atomic mass is 9.67. The van der Waals surface area contributed by atoms with Gasteiger partial charge in [-0.2, -0.15) is 5.26 Å². The van der Waals surface area contributed by atoms with Crippen molar-refractivity contribution >= 4 is 0 Å². The number of hydrogen-bond donors (Lipinski definition) is 1. The summed E-state index contributed by atoms with van der Waals surface area (Å²) in [5.74, 6) is 0. The number of aliphatic hydroxyl groups is 1. The maximum Gasteiger partial charge on any atom is 0.115 e. The molecule has 0 saturated heterocycles. The molecule has 0 bridgehead atoms. The van der Waals surface area contributed by atoms with Crippen LogP contribution in [-0.2, 0) is 0 Å². The van der Waals surface area contributed by atoms with Gasteiger partial charge in [-0.1, -0.05) is 6.42 Å². The van der Waals surface area contributed by atoms with E-state index in [9.17, 15) is 4.39 Å². The molecule has 0 aromatic rings. The molecule has 0 spiro atoms. The van der Waals surface area contributed by atoms with Crippen LogP contribution in [0.3, 0.4) is 0 Å². The lowest BCUT2D eigenvalue weighted by Gasteiger charge is -2.36. The minimum atomic E-state index is -0.935. The van der Waals surface area contributed by atoms with E-state index in [4.69, 9.17) is 10.4 Å². The molecule has 1 aliphatic carbocycles. The largest absolute Gasteiger partial charge is 0.390 e. The number of nitriles is 1. The van der Waals surface area contributed by atoms with Crippen LogP contribution in [0.25, 0.3) is 0 Å². The number of alkyl halides is 1. The average molecular weight is 157 g/mol. The second-order valence-corrected chi connectivity index (χ2v) is 3.26. The van der Waals surface area contributed by atoms with E-state index < -0.39 is 18.2 Å². The molecule has 1 atom stereocenters. The van der Waals surface area contributed by atoms with Crippen LogP contribution in [0.2, 0.25) is 0 Å². The molecule has 1 rings (SSSR count). The predicted molar refractivity (Wildman–Crippen MR) is 38.5 cm³/mol. The summed E-state index contributed by atoms with van der Waals surface area (Å²) in [5, 5.41) is 17.7. The maximum atomic E-state index is 11.9. The molecule has 0 aliphatic heterocycles. The molecule has 1 aliphatic rings. The van der Waals surface area contributed by atoms with Gasteiger partial charge in [-0.15, -0.1) is 0 Å². The molecule has 1 saturated carbocycles. The van der Waals surface area contributed by atoms with E-state index in [0.29, 0.717) is 6.42 Å². The summed E-state index contributed by atoms with van der Waals surface area (Å²) in [6.45, 7) is -0.733. The molecule has 0 aromatic carbocycles. The van der Waals surface area contributed by atoms with E-state index in [1.54, 1.807) is 0 Å². The van der Waals surface area contributed by atoms with Gasteiger partial charge in [0.15, 0.2) is 0 Å². The summed E-state index contributed by atoms with van der Waals surface area (Å²) in [4.78, 5) is 0. The third-order valence-electron chi connectivity index (χ3n) is 2.35. The minimum absolute atomic E-state index is 0.306. The van der Waals surface area contributed by atoms with Gasteiger partial charge >= 0.3 is 0 Å². The Labute approximate surface area is 65.6 Å². The Morgan fingerprint density at radius 3 is 2.55 bits per heavy atom. The third-order valence-corrected chi connectivity index (χ3v) is 2.35. The van der Waals surface area contributed by atoms with Gasteiger partial charge in [0.2, 0.25) is 0 Å². The van der Waals surface area contributed by atoms with Crippen LogP contribution >= 0.6 is 0 Å². The summed E-state index contributed by atoms with van der Waals surface area (Å²) >= 11 is 0. The van der Waals surface area contributed by atoms with Gasteiger partial charge in [0.05, 0.1) is 17.6 Å². The van der Waals surface area contributed by atoms with Crippen molar-refractivity contribution in [2.45, 2.75) is 31.8 Å². The molecule has 11 heavy (non-hydrogen) atoms. The number of nitrogens with zero attached hydrogens (tertiary/aromatic N) is 1. The molecule has 3 heteroatoms. The van der Waals surface area contributed by atoms with Crippen molar-refractivity contribution in [3.63, 3.8) is 0 Å². The van der Waals surface area contributed by atoms with Crippen molar-refractivity contribution in [3.8, 4) is 6.07 Å². The van der Waals surface area contributed by atoms with Crippen molar-refractivity contribution in [2.75, 3.05) is 6.67 Å². The summed E-state index contributed by atoms with van der Waals surface area (Å²) in [6.07, 6.45) is 2.04. The molecule has 62 valence electrons. The van der Waals surface area contributed by atoms with Gasteiger partial charge in [0, 0.05) is 0 Å². The number of halogens is 1. The van der Waals surface area contributed by atoms with Crippen molar-refractivity contribution in [1.29, 1.82) is 5.26 Å². The van der Waals surface area contributed by atoms with Crippen LogP contribution in [0.4, 0.5) is 4.39 Å². The first-order valence-electron chi connectivity index (χ1n) is 3.88. The summed E-state index contributed by atoms with van der Waals surface area (Å²) in [7, 11) is 0. The Bertz CT molecular complexity index is 171. The fourth-order valence-corrected chi connectivity index (χ4v) is 1.47. The highest BCUT2D eigenvalue weighted by molar-refractivity contribution is 5.05. The topological polar surface area (TPSA) is 44.0 Å². The van der Waals surface area contributed by atoms with Gasteiger partial charge in [0.25, 0.3) is 0 Å². The van der Waals surface area contributed by atoms with Crippen LogP contribution in [0.1, 0.15) is 25.7 Å².